The Morgan fingerprint density at radius 2 is 1.83 bits per heavy atom. The van der Waals surface area contributed by atoms with E-state index in [0.29, 0.717) is 17.1 Å². The highest BCUT2D eigenvalue weighted by molar-refractivity contribution is 6.45. The SMILES string of the molecule is CCCN1C(=O)C(=O)N(CC(=O)c2ccc(OC)c(Cl)c2)C1=O. The number of benzene rings is 1. The summed E-state index contributed by atoms with van der Waals surface area (Å²) in [6.45, 7) is 1.41. The predicted molar refractivity (Wildman–Crippen MR) is 81.4 cm³/mol. The highest BCUT2D eigenvalue weighted by Gasteiger charge is 2.44. The molecular formula is C15H15ClN2O5. The summed E-state index contributed by atoms with van der Waals surface area (Å²) in [6.07, 6.45) is 0.528. The Balaban J connectivity index is 2.17. The van der Waals surface area contributed by atoms with Crippen LogP contribution in [0.3, 0.4) is 0 Å². The number of carbonyl (C=O) groups excluding carboxylic acids is 4. The molecule has 0 radical (unpaired) electrons. The number of hydrogen-bond donors (Lipinski definition) is 0. The molecule has 23 heavy (non-hydrogen) atoms. The monoisotopic (exact) mass is 338 g/mol. The molecule has 1 aliphatic heterocycles. The van der Waals surface area contributed by atoms with Gasteiger partial charge in [0.2, 0.25) is 0 Å². The van der Waals surface area contributed by atoms with Crippen LogP contribution < -0.4 is 4.74 Å². The van der Waals surface area contributed by atoms with Crippen molar-refractivity contribution in [1.29, 1.82) is 0 Å². The lowest BCUT2D eigenvalue weighted by Crippen LogP contribution is -2.37. The molecule has 0 aromatic heterocycles. The van der Waals surface area contributed by atoms with Gasteiger partial charge >= 0.3 is 17.8 Å². The molecule has 0 bridgehead atoms. The molecule has 1 aromatic carbocycles. The zero-order valence-corrected chi connectivity index (χ0v) is 13.4. The molecule has 0 N–H and O–H groups in total. The van der Waals surface area contributed by atoms with Crippen molar-refractivity contribution in [2.24, 2.45) is 0 Å². The molecule has 7 nitrogen and oxygen atoms in total. The first kappa shape index (κ1) is 17.0. The Morgan fingerprint density at radius 1 is 1.17 bits per heavy atom. The van der Waals surface area contributed by atoms with Gasteiger partial charge in [-0.1, -0.05) is 18.5 Å². The Labute approximate surface area is 137 Å². The lowest BCUT2D eigenvalue weighted by Gasteiger charge is -2.14. The summed E-state index contributed by atoms with van der Waals surface area (Å²) >= 11 is 5.95. The van der Waals surface area contributed by atoms with Crippen molar-refractivity contribution in [2.45, 2.75) is 13.3 Å². The minimum Gasteiger partial charge on any atom is -0.495 e. The van der Waals surface area contributed by atoms with Crippen molar-refractivity contribution in [1.82, 2.24) is 9.80 Å². The molecule has 0 aliphatic carbocycles. The topological polar surface area (TPSA) is 84.0 Å². The number of rotatable bonds is 6. The van der Waals surface area contributed by atoms with Crippen molar-refractivity contribution in [2.75, 3.05) is 20.2 Å². The largest absolute Gasteiger partial charge is 0.495 e. The Kier molecular flexibility index (Phi) is 5.00. The minimum absolute atomic E-state index is 0.141. The molecule has 4 amide bonds. The molecule has 1 heterocycles. The number of carbonyl (C=O) groups is 4. The van der Waals surface area contributed by atoms with Crippen molar-refractivity contribution < 1.29 is 23.9 Å². The molecule has 0 saturated carbocycles. The van der Waals surface area contributed by atoms with E-state index in [0.717, 1.165) is 4.90 Å². The third-order valence-corrected chi connectivity index (χ3v) is 3.65. The summed E-state index contributed by atoms with van der Waals surface area (Å²) in [7, 11) is 1.44. The minimum atomic E-state index is -0.989. The number of nitrogens with zero attached hydrogens (tertiary/aromatic N) is 2. The number of urea groups is 1. The maximum atomic E-state index is 12.2. The van der Waals surface area contributed by atoms with Crippen LogP contribution in [0.1, 0.15) is 23.7 Å². The van der Waals surface area contributed by atoms with Gasteiger partial charge in [0.15, 0.2) is 5.78 Å². The molecule has 8 heteroatoms. The average Bonchev–Trinajstić information content (AvgIpc) is 2.73. The lowest BCUT2D eigenvalue weighted by atomic mass is 10.1. The lowest BCUT2D eigenvalue weighted by molar-refractivity contribution is -0.143. The molecule has 0 unspecified atom stereocenters. The van der Waals surface area contributed by atoms with Gasteiger partial charge in [0.25, 0.3) is 0 Å². The number of amides is 4. The van der Waals surface area contributed by atoms with E-state index in [1.807, 2.05) is 0 Å². The van der Waals surface area contributed by atoms with Crippen molar-refractivity contribution in [3.05, 3.63) is 28.8 Å². The second kappa shape index (κ2) is 6.78. The third kappa shape index (κ3) is 3.19. The molecule has 122 valence electrons. The fraction of sp³-hybridized carbons (Fsp3) is 0.333. The van der Waals surface area contributed by atoms with E-state index in [1.165, 1.54) is 25.3 Å². The zero-order chi connectivity index (χ0) is 17.1. The first-order chi connectivity index (χ1) is 10.9. The summed E-state index contributed by atoms with van der Waals surface area (Å²) in [4.78, 5) is 49.4. The van der Waals surface area contributed by atoms with Crippen LogP contribution in [-0.4, -0.2) is 53.6 Å². The van der Waals surface area contributed by atoms with E-state index in [1.54, 1.807) is 6.92 Å². The van der Waals surface area contributed by atoms with Gasteiger partial charge in [-0.3, -0.25) is 19.3 Å². The van der Waals surface area contributed by atoms with Crippen LogP contribution in [0.4, 0.5) is 4.79 Å². The van der Waals surface area contributed by atoms with Crippen LogP contribution in [-0.2, 0) is 9.59 Å². The fourth-order valence-electron chi connectivity index (χ4n) is 2.19. The van der Waals surface area contributed by atoms with Gasteiger partial charge < -0.3 is 4.74 Å². The molecule has 1 aromatic rings. The van der Waals surface area contributed by atoms with Crippen LogP contribution in [0.5, 0.6) is 5.75 Å². The van der Waals surface area contributed by atoms with E-state index in [4.69, 9.17) is 16.3 Å². The molecule has 1 fully saturated rings. The quantitative estimate of drug-likeness (QED) is 0.448. The number of ether oxygens (including phenoxy) is 1. The van der Waals surface area contributed by atoms with Gasteiger partial charge in [-0.15, -0.1) is 0 Å². The van der Waals surface area contributed by atoms with Crippen LogP contribution in [0.2, 0.25) is 5.02 Å². The van der Waals surface area contributed by atoms with Gasteiger partial charge in [0, 0.05) is 12.1 Å². The Bertz CT molecular complexity index is 688. The smallest absolute Gasteiger partial charge is 0.334 e. The zero-order valence-electron chi connectivity index (χ0n) is 12.7. The number of hydrogen-bond acceptors (Lipinski definition) is 5. The van der Waals surface area contributed by atoms with Crippen molar-refractivity contribution >= 4 is 35.2 Å². The van der Waals surface area contributed by atoms with E-state index < -0.39 is 30.2 Å². The molecular weight excluding hydrogens is 324 g/mol. The van der Waals surface area contributed by atoms with Gasteiger partial charge in [-0.05, 0) is 24.6 Å². The summed E-state index contributed by atoms with van der Waals surface area (Å²) in [5, 5.41) is 0.237. The summed E-state index contributed by atoms with van der Waals surface area (Å²) in [5.74, 6) is -1.99. The predicted octanol–water partition coefficient (Wildman–Crippen LogP) is 1.73. The second-order valence-electron chi connectivity index (χ2n) is 4.90. The first-order valence-electron chi connectivity index (χ1n) is 6.94. The first-order valence-corrected chi connectivity index (χ1v) is 7.32. The second-order valence-corrected chi connectivity index (χ2v) is 5.31. The molecule has 0 atom stereocenters. The van der Waals surface area contributed by atoms with Gasteiger partial charge in [0.1, 0.15) is 5.75 Å². The average molecular weight is 339 g/mol. The van der Waals surface area contributed by atoms with Gasteiger partial charge in [0.05, 0.1) is 18.7 Å². The maximum absolute atomic E-state index is 12.2. The van der Waals surface area contributed by atoms with Crippen LogP contribution in [0.15, 0.2) is 18.2 Å². The Hall–Kier alpha value is -2.41. The molecule has 1 aliphatic rings. The number of halogens is 1. The van der Waals surface area contributed by atoms with E-state index in [2.05, 4.69) is 0 Å². The van der Waals surface area contributed by atoms with Gasteiger partial charge in [-0.2, -0.15) is 0 Å². The van der Waals surface area contributed by atoms with E-state index in [9.17, 15) is 19.2 Å². The Morgan fingerprint density at radius 3 is 2.39 bits per heavy atom. The summed E-state index contributed by atoms with van der Waals surface area (Å²) < 4.78 is 4.99. The van der Waals surface area contributed by atoms with Crippen molar-refractivity contribution in [3.8, 4) is 5.75 Å². The maximum Gasteiger partial charge on any atom is 0.334 e. The summed E-state index contributed by atoms with van der Waals surface area (Å²) in [5.41, 5.74) is 0.220. The normalized spacial score (nSPS) is 14.7. The third-order valence-electron chi connectivity index (χ3n) is 3.36. The van der Waals surface area contributed by atoms with Crippen LogP contribution in [0, 0.1) is 0 Å². The van der Waals surface area contributed by atoms with Crippen molar-refractivity contribution in [3.63, 3.8) is 0 Å². The standard InChI is InChI=1S/C15H15ClN2O5/c1-3-6-17-13(20)14(21)18(15(17)22)8-11(19)9-4-5-12(23-2)10(16)7-9/h4-5,7H,3,6,8H2,1-2H3. The van der Waals surface area contributed by atoms with Gasteiger partial charge in [-0.25, -0.2) is 9.69 Å². The highest BCUT2D eigenvalue weighted by Crippen LogP contribution is 2.25. The van der Waals surface area contributed by atoms with Crippen LogP contribution in [0.25, 0.3) is 0 Å². The number of methoxy groups -OCH3 is 1. The molecule has 2 rings (SSSR count). The highest BCUT2D eigenvalue weighted by atomic mass is 35.5. The molecule has 0 spiro atoms. The number of imide groups is 2. The van der Waals surface area contributed by atoms with Crippen LogP contribution >= 0.6 is 11.6 Å². The van der Waals surface area contributed by atoms with E-state index in [-0.39, 0.29) is 17.1 Å². The number of Topliss-reactive ketones (excluding diaryl/α,β-unsaturated/α-hetero) is 1. The van der Waals surface area contributed by atoms with E-state index >= 15 is 0 Å². The fourth-order valence-corrected chi connectivity index (χ4v) is 2.44. The molecule has 1 saturated heterocycles. The number of ketones is 1. The summed E-state index contributed by atoms with van der Waals surface area (Å²) in [6, 6.07) is 3.61.